The molecule has 24 heavy (non-hydrogen) atoms. The Morgan fingerprint density at radius 1 is 1.42 bits per heavy atom. The van der Waals surface area contributed by atoms with Gasteiger partial charge >= 0.3 is 5.82 Å². The second-order valence-electron chi connectivity index (χ2n) is 4.82. The van der Waals surface area contributed by atoms with Crippen LogP contribution in [0.15, 0.2) is 36.5 Å². The van der Waals surface area contributed by atoms with Crippen LogP contribution in [0.2, 0.25) is 5.02 Å². The molecule has 0 aliphatic carbocycles. The summed E-state index contributed by atoms with van der Waals surface area (Å²) >= 11 is 5.91. The van der Waals surface area contributed by atoms with E-state index < -0.39 is 29.1 Å². The summed E-state index contributed by atoms with van der Waals surface area (Å²) in [5, 5.41) is 11.0. The molecule has 0 N–H and O–H groups in total. The van der Waals surface area contributed by atoms with Crippen molar-refractivity contribution >= 4 is 23.3 Å². The highest BCUT2D eigenvalue weighted by molar-refractivity contribution is 6.31. The van der Waals surface area contributed by atoms with Crippen LogP contribution in [-0.4, -0.2) is 34.4 Å². The van der Waals surface area contributed by atoms with Crippen LogP contribution in [0, 0.1) is 15.9 Å². The quantitative estimate of drug-likeness (QED) is 0.588. The second-order valence-corrected chi connectivity index (χ2v) is 5.23. The van der Waals surface area contributed by atoms with Gasteiger partial charge in [0.05, 0.1) is 0 Å². The SMILES string of the molecule is CN(Cc1c(F)cccc1Cl)C(=O)COc1cccnc1[N+](=O)[O-]. The predicted molar refractivity (Wildman–Crippen MR) is 84.3 cm³/mol. The van der Waals surface area contributed by atoms with E-state index in [9.17, 15) is 19.3 Å². The minimum absolute atomic E-state index is 0.0527. The van der Waals surface area contributed by atoms with Crippen LogP contribution < -0.4 is 4.74 Å². The largest absolute Gasteiger partial charge is 0.476 e. The molecular formula is C15H13ClFN3O4. The first-order valence-corrected chi connectivity index (χ1v) is 7.17. The van der Waals surface area contributed by atoms with Crippen molar-refractivity contribution in [2.24, 2.45) is 0 Å². The van der Waals surface area contributed by atoms with Gasteiger partial charge in [0.15, 0.2) is 6.61 Å². The monoisotopic (exact) mass is 353 g/mol. The van der Waals surface area contributed by atoms with Gasteiger partial charge < -0.3 is 19.8 Å². The van der Waals surface area contributed by atoms with Gasteiger partial charge in [-0.05, 0) is 34.2 Å². The lowest BCUT2D eigenvalue weighted by Gasteiger charge is -2.18. The summed E-state index contributed by atoms with van der Waals surface area (Å²) in [7, 11) is 1.45. The van der Waals surface area contributed by atoms with E-state index in [1.807, 2.05) is 0 Å². The van der Waals surface area contributed by atoms with Crippen molar-refractivity contribution in [2.75, 3.05) is 13.7 Å². The predicted octanol–water partition coefficient (Wildman–Crippen LogP) is 2.82. The normalized spacial score (nSPS) is 10.3. The van der Waals surface area contributed by atoms with E-state index >= 15 is 0 Å². The van der Waals surface area contributed by atoms with Crippen LogP contribution in [0.25, 0.3) is 0 Å². The Balaban J connectivity index is 2.01. The number of ether oxygens (including phenoxy) is 1. The van der Waals surface area contributed by atoms with Gasteiger partial charge in [-0.2, -0.15) is 0 Å². The van der Waals surface area contributed by atoms with E-state index in [1.165, 1.54) is 48.5 Å². The second kappa shape index (κ2) is 7.69. The molecule has 0 bridgehead atoms. The van der Waals surface area contributed by atoms with E-state index in [0.29, 0.717) is 0 Å². The zero-order chi connectivity index (χ0) is 17.7. The standard InChI is InChI=1S/C15H13ClFN3O4/c1-19(8-10-11(16)4-2-5-12(10)17)14(21)9-24-13-6-3-7-18-15(13)20(22)23/h2-7H,8-9H2,1H3. The number of hydrogen-bond donors (Lipinski definition) is 0. The average Bonchev–Trinajstić information content (AvgIpc) is 2.56. The third-order valence-electron chi connectivity index (χ3n) is 3.16. The number of aromatic nitrogens is 1. The van der Waals surface area contributed by atoms with Crippen LogP contribution in [0.5, 0.6) is 5.75 Å². The Labute approximate surface area is 141 Å². The minimum Gasteiger partial charge on any atom is -0.476 e. The Bertz CT molecular complexity index is 752. The number of rotatable bonds is 6. The number of pyridine rings is 1. The Kier molecular flexibility index (Phi) is 5.64. The molecule has 1 aromatic carbocycles. The minimum atomic E-state index is -0.706. The zero-order valence-corrected chi connectivity index (χ0v) is 13.4. The lowest BCUT2D eigenvalue weighted by Crippen LogP contribution is -2.31. The van der Waals surface area contributed by atoms with Gasteiger partial charge in [-0.25, -0.2) is 4.39 Å². The van der Waals surface area contributed by atoms with Gasteiger partial charge in [0.25, 0.3) is 5.91 Å². The van der Waals surface area contributed by atoms with Gasteiger partial charge in [-0.1, -0.05) is 17.7 Å². The molecule has 2 aromatic rings. The molecular weight excluding hydrogens is 341 g/mol. The summed E-state index contributed by atoms with van der Waals surface area (Å²) in [4.78, 5) is 27.0. The number of carbonyl (C=O) groups is 1. The van der Waals surface area contributed by atoms with Crippen molar-refractivity contribution in [3.63, 3.8) is 0 Å². The maximum atomic E-state index is 13.7. The molecule has 1 amide bonds. The number of amides is 1. The third kappa shape index (κ3) is 4.17. The van der Waals surface area contributed by atoms with Crippen molar-refractivity contribution in [1.29, 1.82) is 0 Å². The first-order valence-electron chi connectivity index (χ1n) is 6.79. The summed E-state index contributed by atoms with van der Waals surface area (Å²) in [6.45, 7) is -0.502. The Morgan fingerprint density at radius 3 is 2.83 bits per heavy atom. The number of likely N-dealkylation sites (N-methyl/N-ethyl adjacent to an activating group) is 1. The Morgan fingerprint density at radius 2 is 2.17 bits per heavy atom. The van der Waals surface area contributed by atoms with Crippen molar-refractivity contribution in [1.82, 2.24) is 9.88 Å². The first-order chi connectivity index (χ1) is 11.4. The molecule has 0 saturated carbocycles. The molecule has 0 atom stereocenters. The summed E-state index contributed by atoms with van der Waals surface area (Å²) in [6.07, 6.45) is 1.25. The van der Waals surface area contributed by atoms with Crippen molar-refractivity contribution in [2.45, 2.75) is 6.54 Å². The van der Waals surface area contributed by atoms with Gasteiger partial charge in [-0.15, -0.1) is 0 Å². The molecule has 0 fully saturated rings. The topological polar surface area (TPSA) is 85.6 Å². The van der Waals surface area contributed by atoms with Crippen LogP contribution >= 0.6 is 11.6 Å². The molecule has 0 spiro atoms. The summed E-state index contributed by atoms with van der Waals surface area (Å²) < 4.78 is 18.9. The molecule has 7 nitrogen and oxygen atoms in total. The number of benzene rings is 1. The fraction of sp³-hybridized carbons (Fsp3) is 0.200. The van der Waals surface area contributed by atoms with Crippen molar-refractivity contribution < 1.29 is 18.8 Å². The number of nitro groups is 1. The molecule has 2 rings (SSSR count). The smallest absolute Gasteiger partial charge is 0.406 e. The van der Waals surface area contributed by atoms with E-state index in [2.05, 4.69) is 4.98 Å². The summed E-state index contributed by atoms with van der Waals surface area (Å²) in [5.74, 6) is -1.61. The van der Waals surface area contributed by atoms with Gasteiger partial charge in [0, 0.05) is 24.2 Å². The number of carbonyl (C=O) groups excluding carboxylic acids is 1. The summed E-state index contributed by atoms with van der Waals surface area (Å²) in [6, 6.07) is 7.03. The lowest BCUT2D eigenvalue weighted by molar-refractivity contribution is -0.390. The fourth-order valence-corrected chi connectivity index (χ4v) is 2.11. The maximum Gasteiger partial charge on any atom is 0.406 e. The number of hydrogen-bond acceptors (Lipinski definition) is 5. The molecule has 1 heterocycles. The van der Waals surface area contributed by atoms with E-state index in [0.717, 1.165) is 0 Å². The molecule has 0 saturated heterocycles. The highest BCUT2D eigenvalue weighted by atomic mass is 35.5. The van der Waals surface area contributed by atoms with Gasteiger partial charge in [0.1, 0.15) is 12.0 Å². The number of nitrogens with zero attached hydrogens (tertiary/aromatic N) is 3. The molecule has 126 valence electrons. The maximum absolute atomic E-state index is 13.7. The van der Waals surface area contributed by atoms with Gasteiger partial charge in [0.2, 0.25) is 5.75 Å². The molecule has 0 aliphatic rings. The Hall–Kier alpha value is -2.74. The highest BCUT2D eigenvalue weighted by Gasteiger charge is 2.19. The van der Waals surface area contributed by atoms with E-state index in [1.54, 1.807) is 0 Å². The summed E-state index contributed by atoms with van der Waals surface area (Å²) in [5.41, 5.74) is 0.183. The highest BCUT2D eigenvalue weighted by Crippen LogP contribution is 2.23. The van der Waals surface area contributed by atoms with Crippen LogP contribution in [0.1, 0.15) is 5.56 Å². The third-order valence-corrected chi connectivity index (χ3v) is 3.51. The van der Waals surface area contributed by atoms with Crippen molar-refractivity contribution in [3.05, 3.63) is 63.0 Å². The number of halogens is 2. The molecule has 1 aromatic heterocycles. The van der Waals surface area contributed by atoms with Gasteiger partial charge in [-0.3, -0.25) is 4.79 Å². The van der Waals surface area contributed by atoms with Crippen LogP contribution in [0.3, 0.4) is 0 Å². The van der Waals surface area contributed by atoms with E-state index in [4.69, 9.17) is 16.3 Å². The van der Waals surface area contributed by atoms with Crippen LogP contribution in [0.4, 0.5) is 10.2 Å². The fourth-order valence-electron chi connectivity index (χ4n) is 1.89. The zero-order valence-electron chi connectivity index (χ0n) is 12.6. The van der Waals surface area contributed by atoms with E-state index in [-0.39, 0.29) is 22.9 Å². The van der Waals surface area contributed by atoms with Crippen molar-refractivity contribution in [3.8, 4) is 5.75 Å². The molecule has 9 heteroatoms. The molecule has 0 radical (unpaired) electrons. The molecule has 0 aliphatic heterocycles. The average molecular weight is 354 g/mol. The molecule has 0 unspecified atom stereocenters. The van der Waals surface area contributed by atoms with Crippen LogP contribution in [-0.2, 0) is 11.3 Å². The first kappa shape index (κ1) is 17.6. The lowest BCUT2D eigenvalue weighted by atomic mass is 10.2.